The van der Waals surface area contributed by atoms with Gasteiger partial charge < -0.3 is 23.7 Å². The van der Waals surface area contributed by atoms with Crippen molar-refractivity contribution in [1.29, 1.82) is 0 Å². The number of allylic oxidation sites excluding steroid dienone is 4. The van der Waals surface area contributed by atoms with Crippen molar-refractivity contribution in [2.45, 2.75) is 79.4 Å². The van der Waals surface area contributed by atoms with E-state index in [0.717, 1.165) is 55.8 Å². The molecule has 3 aromatic rings. The average molecular weight is 627 g/mol. The molecule has 6 nitrogen and oxygen atoms in total. The van der Waals surface area contributed by atoms with Gasteiger partial charge in [0.2, 0.25) is 5.43 Å². The highest BCUT2D eigenvalue weighted by Crippen LogP contribution is 2.41. The number of hydrogen-bond acceptors (Lipinski definition) is 6. The fraction of sp³-hybridized carbons (Fsp3) is 0.485. The second kappa shape index (κ2) is 16.0. The smallest absolute Gasteiger partial charge is 0.204 e. The molecular weight excluding hydrogens is 583 g/mol. The minimum atomic E-state index is -0.298. The zero-order valence-electron chi connectivity index (χ0n) is 25.5. The van der Waals surface area contributed by atoms with E-state index in [-0.39, 0.29) is 22.1 Å². The van der Waals surface area contributed by atoms with Gasteiger partial charge in [0.15, 0.2) is 11.5 Å². The number of benzene rings is 2. The van der Waals surface area contributed by atoms with Gasteiger partial charge in [-0.05, 0) is 59.8 Å². The van der Waals surface area contributed by atoms with Gasteiger partial charge in [0.05, 0.1) is 25.7 Å². The Hall–Kier alpha value is -2.87. The van der Waals surface area contributed by atoms with Crippen LogP contribution in [0.4, 0.5) is 0 Å². The van der Waals surface area contributed by atoms with Gasteiger partial charge in [-0.25, -0.2) is 0 Å². The quantitative estimate of drug-likeness (QED) is 0.0566. The lowest BCUT2D eigenvalue weighted by molar-refractivity contribution is 0.287. The van der Waals surface area contributed by atoms with E-state index in [4.69, 9.17) is 18.6 Å². The molecule has 0 saturated carbocycles. The molecule has 0 aliphatic heterocycles. The van der Waals surface area contributed by atoms with E-state index in [9.17, 15) is 9.90 Å². The van der Waals surface area contributed by atoms with Crippen LogP contribution in [0.2, 0.25) is 13.1 Å². The van der Waals surface area contributed by atoms with Crippen LogP contribution < -0.4 is 19.6 Å². The van der Waals surface area contributed by atoms with Crippen LogP contribution in [0.25, 0.3) is 21.9 Å². The van der Waals surface area contributed by atoms with E-state index >= 15 is 0 Å². The Balaban J connectivity index is 2.28. The highest BCUT2D eigenvalue weighted by atomic mass is 79.9. The van der Waals surface area contributed by atoms with E-state index in [1.54, 1.807) is 19.2 Å². The first-order valence-electron chi connectivity index (χ1n) is 14.7. The largest absolute Gasteiger partial charge is 0.507 e. The number of rotatable bonds is 16. The highest BCUT2D eigenvalue weighted by Gasteiger charge is 2.24. The number of halogens is 1. The summed E-state index contributed by atoms with van der Waals surface area (Å²) in [6.45, 7) is 11.3. The second-order valence-electron chi connectivity index (χ2n) is 10.9. The molecule has 222 valence electrons. The maximum atomic E-state index is 14.2. The minimum absolute atomic E-state index is 0.102. The van der Waals surface area contributed by atoms with Gasteiger partial charge >= 0.3 is 0 Å². The first-order valence-corrected chi connectivity index (χ1v) is 15.8. The first-order chi connectivity index (χ1) is 19.7. The van der Waals surface area contributed by atoms with Crippen LogP contribution in [-0.2, 0) is 12.8 Å². The molecule has 1 heterocycles. The van der Waals surface area contributed by atoms with Crippen LogP contribution in [0.1, 0.15) is 64.5 Å². The van der Waals surface area contributed by atoms with Gasteiger partial charge in [-0.2, -0.15) is 0 Å². The number of alkyl halides is 1. The van der Waals surface area contributed by atoms with E-state index in [1.165, 1.54) is 0 Å². The Morgan fingerprint density at radius 3 is 2.10 bits per heavy atom. The predicted octanol–water partition coefficient (Wildman–Crippen LogP) is 8.29. The third-order valence-electron chi connectivity index (χ3n) is 6.98. The molecular formula is C33H44BBrO6. The van der Waals surface area contributed by atoms with Gasteiger partial charge in [0.1, 0.15) is 35.3 Å². The van der Waals surface area contributed by atoms with Crippen LogP contribution in [-0.4, -0.2) is 38.0 Å². The van der Waals surface area contributed by atoms with Crippen LogP contribution in [0.3, 0.4) is 0 Å². The molecule has 0 amide bonds. The summed E-state index contributed by atoms with van der Waals surface area (Å²) in [6.07, 6.45) is 9.98. The number of phenolic OH excluding ortho intramolecular Hbond substituents is 1. The summed E-state index contributed by atoms with van der Waals surface area (Å²) in [5.74, 6) is 1.49. The van der Waals surface area contributed by atoms with E-state index in [2.05, 4.69) is 28.8 Å². The average Bonchev–Trinajstić information content (AvgIpc) is 2.93. The number of methoxy groups -OCH3 is 1. The Morgan fingerprint density at radius 2 is 1.49 bits per heavy atom. The first kappa shape index (κ1) is 32.6. The third-order valence-corrected chi connectivity index (χ3v) is 7.55. The molecule has 2 aromatic carbocycles. The van der Waals surface area contributed by atoms with Gasteiger partial charge in [0, 0.05) is 28.6 Å². The number of hydrogen-bond donors (Lipinski definition) is 1. The van der Waals surface area contributed by atoms with E-state index < -0.39 is 0 Å². The molecule has 1 N–H and O–H groups in total. The summed E-state index contributed by atoms with van der Waals surface area (Å²) in [6, 6.07) is 3.48. The van der Waals surface area contributed by atoms with Crippen LogP contribution in [0, 0.1) is 0 Å². The van der Waals surface area contributed by atoms with Crippen LogP contribution in [0.15, 0.2) is 44.6 Å². The van der Waals surface area contributed by atoms with Gasteiger partial charge in [-0.3, -0.25) is 4.79 Å². The fourth-order valence-electron chi connectivity index (χ4n) is 4.76. The number of phenols is 1. The van der Waals surface area contributed by atoms with Crippen LogP contribution >= 0.6 is 15.9 Å². The van der Waals surface area contributed by atoms with E-state index in [1.807, 2.05) is 33.8 Å². The Morgan fingerprint density at radius 1 is 0.902 bits per heavy atom. The number of fused-ring (bicyclic) bond motifs is 2. The summed E-state index contributed by atoms with van der Waals surface area (Å²) >= 11 is 3.46. The Bertz CT molecular complexity index is 1450. The molecule has 0 saturated heterocycles. The molecule has 0 radical (unpaired) electrons. The van der Waals surface area contributed by atoms with Gasteiger partial charge in [-0.1, -0.05) is 58.8 Å². The zero-order valence-corrected chi connectivity index (χ0v) is 27.0. The Kier molecular flexibility index (Phi) is 12.7. The molecule has 3 rings (SSSR count). The van der Waals surface area contributed by atoms with E-state index in [0.29, 0.717) is 65.4 Å². The topological polar surface area (TPSA) is 78.1 Å². The number of aromatic hydroxyl groups is 1. The number of unbranched alkanes of at least 4 members (excludes halogenated alkanes) is 2. The zero-order chi connectivity index (χ0) is 29.9. The summed E-state index contributed by atoms with van der Waals surface area (Å²) in [5, 5.41) is 13.0. The minimum Gasteiger partial charge on any atom is -0.507 e. The lowest BCUT2D eigenvalue weighted by atomic mass is 9.76. The van der Waals surface area contributed by atoms with Crippen molar-refractivity contribution in [3.63, 3.8) is 0 Å². The highest BCUT2D eigenvalue weighted by molar-refractivity contribution is 9.09. The fourth-order valence-corrected chi connectivity index (χ4v) is 5.15. The van der Waals surface area contributed by atoms with Gasteiger partial charge in [-0.15, -0.1) is 0 Å². The van der Waals surface area contributed by atoms with Crippen molar-refractivity contribution in [1.82, 2.24) is 0 Å². The summed E-state index contributed by atoms with van der Waals surface area (Å²) in [5.41, 5.74) is 3.86. The maximum absolute atomic E-state index is 14.2. The lowest BCUT2D eigenvalue weighted by Gasteiger charge is -2.18. The molecule has 0 unspecified atom stereocenters. The molecule has 0 atom stereocenters. The summed E-state index contributed by atoms with van der Waals surface area (Å²) < 4.78 is 24.5. The molecule has 0 bridgehead atoms. The summed E-state index contributed by atoms with van der Waals surface area (Å²) in [4.78, 5) is 14.2. The summed E-state index contributed by atoms with van der Waals surface area (Å²) in [7, 11) is 2.74. The number of ether oxygens (including phenoxy) is 3. The van der Waals surface area contributed by atoms with Crippen molar-refractivity contribution >= 4 is 45.1 Å². The van der Waals surface area contributed by atoms with Crippen LogP contribution in [0.5, 0.6) is 23.0 Å². The normalized spacial score (nSPS) is 11.0. The van der Waals surface area contributed by atoms with Crippen molar-refractivity contribution < 1.29 is 23.7 Å². The molecule has 1 aromatic heterocycles. The van der Waals surface area contributed by atoms with Crippen molar-refractivity contribution in [3.8, 4) is 23.0 Å². The third kappa shape index (κ3) is 8.34. The van der Waals surface area contributed by atoms with Gasteiger partial charge in [0.25, 0.3) is 0 Å². The standard InChI is InChI=1S/C33H44BBrO6/c1-21(2)11-13-23-25(39-18-10-8-16-35)19-27-30(31(23)36)32(37)29-24(14-12-22(3)4)33(38-6)28(20-26(29)41-27)40-17-9-7-15-34-5/h11-12,19-20,34,36H,7-10,13-18H2,1-6H3. The maximum Gasteiger partial charge on any atom is 0.204 e. The molecule has 0 spiro atoms. The lowest BCUT2D eigenvalue weighted by Crippen LogP contribution is -2.10. The molecule has 41 heavy (non-hydrogen) atoms. The van der Waals surface area contributed by atoms with Crippen molar-refractivity contribution in [3.05, 3.63) is 56.8 Å². The Labute approximate surface area is 253 Å². The van der Waals surface area contributed by atoms with Crippen molar-refractivity contribution in [2.75, 3.05) is 25.7 Å². The second-order valence-corrected chi connectivity index (χ2v) is 11.7. The monoisotopic (exact) mass is 626 g/mol. The SMILES string of the molecule is CBCCCCOc1cc2oc3cc(OCCCCBr)c(CC=C(C)C)c(O)c3c(=O)c2c(CC=C(C)C)c1OC. The molecule has 0 aliphatic rings. The molecule has 0 aliphatic carbocycles. The molecule has 0 fully saturated rings. The molecule has 8 heteroatoms. The van der Waals surface area contributed by atoms with Crippen molar-refractivity contribution in [2.24, 2.45) is 0 Å². The predicted molar refractivity (Wildman–Crippen MR) is 176 cm³/mol.